The number of rotatable bonds is 0. The van der Waals surface area contributed by atoms with Gasteiger partial charge >= 0.3 is 21.7 Å². The van der Waals surface area contributed by atoms with Crippen LogP contribution in [0.4, 0.5) is 0 Å². The minimum absolute atomic E-state index is 0. The summed E-state index contributed by atoms with van der Waals surface area (Å²) in [6, 6.07) is 0. The van der Waals surface area contributed by atoms with Crippen molar-refractivity contribution in [2.45, 2.75) is 69.2 Å². The van der Waals surface area contributed by atoms with Crippen molar-refractivity contribution in [2.75, 3.05) is 0 Å². The van der Waals surface area contributed by atoms with E-state index in [1.807, 2.05) is 0 Å². The van der Waals surface area contributed by atoms with Gasteiger partial charge in [-0.25, -0.2) is 0 Å². The molecule has 1 radical (unpaired) electrons. The van der Waals surface area contributed by atoms with E-state index in [1.165, 1.54) is 55.6 Å². The first-order valence-electron chi connectivity index (χ1n) is 7.50. The molecular formula is C20H33Cl2SiTi. The average molecular weight is 420 g/mol. The van der Waals surface area contributed by atoms with Crippen molar-refractivity contribution in [1.29, 1.82) is 0 Å². The third-order valence-corrected chi connectivity index (χ3v) is 5.62. The van der Waals surface area contributed by atoms with Crippen LogP contribution in [0.15, 0.2) is 0 Å². The fourth-order valence-electron chi connectivity index (χ4n) is 2.81. The zero-order chi connectivity index (χ0) is 15.8. The molecule has 0 fully saturated rings. The van der Waals surface area contributed by atoms with E-state index in [0.29, 0.717) is 0 Å². The molecular weight excluding hydrogens is 387 g/mol. The minimum atomic E-state index is 0. The second-order valence-electron chi connectivity index (χ2n) is 6.25. The van der Waals surface area contributed by atoms with Gasteiger partial charge in [-0.1, -0.05) is 69.2 Å². The van der Waals surface area contributed by atoms with E-state index in [0.717, 1.165) is 0 Å². The molecule has 135 valence electrons. The Morgan fingerprint density at radius 1 is 0.458 bits per heavy atom. The van der Waals surface area contributed by atoms with Crippen LogP contribution in [0.1, 0.15) is 55.6 Å². The molecule has 0 spiro atoms. The van der Waals surface area contributed by atoms with Crippen LogP contribution in [0.3, 0.4) is 0 Å². The Labute approximate surface area is 181 Å². The van der Waals surface area contributed by atoms with E-state index >= 15 is 0 Å². The zero-order valence-electron chi connectivity index (χ0n) is 17.3. The second-order valence-corrected chi connectivity index (χ2v) is 6.25. The Bertz CT molecular complexity index is 420. The van der Waals surface area contributed by atoms with Crippen LogP contribution in [-0.2, 0) is 21.7 Å². The van der Waals surface area contributed by atoms with Crippen LogP contribution >= 0.6 is 0 Å². The quantitative estimate of drug-likeness (QED) is 0.368. The molecule has 0 aliphatic carbocycles. The molecule has 4 heteroatoms. The van der Waals surface area contributed by atoms with Gasteiger partial charge in [0.2, 0.25) is 0 Å². The minimum Gasteiger partial charge on any atom is -1.00 e. The predicted molar refractivity (Wildman–Crippen MR) is 101 cm³/mol. The topological polar surface area (TPSA) is 0 Å². The third kappa shape index (κ3) is 6.18. The largest absolute Gasteiger partial charge is 4.00 e. The van der Waals surface area contributed by atoms with Crippen molar-refractivity contribution in [2.24, 2.45) is 0 Å². The Morgan fingerprint density at radius 2 is 0.583 bits per heavy atom. The third-order valence-electron chi connectivity index (χ3n) is 5.62. The molecule has 0 nitrogen and oxygen atoms in total. The predicted octanol–water partition coefficient (Wildman–Crippen LogP) is -1.28. The van der Waals surface area contributed by atoms with Gasteiger partial charge in [-0.05, 0) is 11.0 Å². The van der Waals surface area contributed by atoms with E-state index in [1.54, 1.807) is 0 Å². The summed E-state index contributed by atoms with van der Waals surface area (Å²) < 4.78 is 0. The fourth-order valence-corrected chi connectivity index (χ4v) is 2.81. The first-order chi connectivity index (χ1) is 9.11. The average Bonchev–Trinajstić information content (AvgIpc) is 2.71. The van der Waals surface area contributed by atoms with Crippen molar-refractivity contribution in [3.63, 3.8) is 0 Å². The number of hydrogen-bond donors (Lipinski definition) is 0. The number of hydrogen-bond acceptors (Lipinski definition) is 0. The van der Waals surface area contributed by atoms with Gasteiger partial charge in [-0.15, -0.1) is 0 Å². The van der Waals surface area contributed by atoms with Crippen molar-refractivity contribution in [1.82, 2.24) is 0 Å². The second kappa shape index (κ2) is 12.5. The van der Waals surface area contributed by atoms with E-state index in [4.69, 9.17) is 0 Å². The molecule has 24 heavy (non-hydrogen) atoms. The van der Waals surface area contributed by atoms with Gasteiger partial charge in [-0.3, -0.25) is 0 Å². The molecule has 0 atom stereocenters. The SMILES string of the molecule is Cc1c(C)c(C)[c-](C)c1C.Cc1c(C)c(C)[c-](C)c1C.[Cl-].[Cl-].[SiH3].[Ti+4]. The number of halogens is 2. The van der Waals surface area contributed by atoms with Crippen LogP contribution in [-0.4, -0.2) is 11.0 Å². The van der Waals surface area contributed by atoms with E-state index < -0.39 is 0 Å². The smallest absolute Gasteiger partial charge is 1.00 e. The fraction of sp³-hybridized carbons (Fsp3) is 0.500. The molecule has 0 aliphatic rings. The van der Waals surface area contributed by atoms with Gasteiger partial charge in [0.25, 0.3) is 0 Å². The Balaban J connectivity index is -0.000000143. The molecule has 0 saturated heterocycles. The zero-order valence-corrected chi connectivity index (χ0v) is 22.3. The van der Waals surface area contributed by atoms with Gasteiger partial charge in [0.15, 0.2) is 0 Å². The van der Waals surface area contributed by atoms with E-state index in [-0.39, 0.29) is 57.5 Å². The van der Waals surface area contributed by atoms with Crippen molar-refractivity contribution in [3.8, 4) is 0 Å². The standard InChI is InChI=1S/2C10H15.2ClH.H3Si.Ti/c2*1-6-7(2)9(4)10(5)8(6)3;;;;/h2*1-5H3;2*1H;1H3;/q2*-1;;;;+4/p-2. The van der Waals surface area contributed by atoms with E-state index in [9.17, 15) is 0 Å². The molecule has 2 aromatic rings. The summed E-state index contributed by atoms with van der Waals surface area (Å²) in [5.74, 6) is 0. The Hall–Kier alpha value is 0.211. The summed E-state index contributed by atoms with van der Waals surface area (Å²) in [6.45, 7) is 22.0. The summed E-state index contributed by atoms with van der Waals surface area (Å²) >= 11 is 0. The summed E-state index contributed by atoms with van der Waals surface area (Å²) in [6.07, 6.45) is 0. The van der Waals surface area contributed by atoms with Crippen molar-refractivity contribution < 1.29 is 46.5 Å². The molecule has 2 aromatic carbocycles. The molecule has 0 saturated carbocycles. The van der Waals surface area contributed by atoms with Gasteiger partial charge in [0, 0.05) is 0 Å². The maximum absolute atomic E-state index is 2.20. The van der Waals surface area contributed by atoms with Gasteiger partial charge in [0.1, 0.15) is 0 Å². The molecule has 0 N–H and O–H groups in total. The van der Waals surface area contributed by atoms with Gasteiger partial charge in [0.05, 0.1) is 0 Å². The maximum atomic E-state index is 2.20. The van der Waals surface area contributed by atoms with Crippen LogP contribution in [0.5, 0.6) is 0 Å². The van der Waals surface area contributed by atoms with Crippen LogP contribution in [0, 0.1) is 69.2 Å². The van der Waals surface area contributed by atoms with Gasteiger partial charge < -0.3 is 24.8 Å². The molecule has 0 bridgehead atoms. The first-order valence-corrected chi connectivity index (χ1v) is 7.50. The van der Waals surface area contributed by atoms with E-state index in [2.05, 4.69) is 69.2 Å². The molecule has 0 heterocycles. The molecule has 0 aromatic heterocycles. The molecule has 0 aliphatic heterocycles. The van der Waals surface area contributed by atoms with Crippen LogP contribution in [0.25, 0.3) is 0 Å². The van der Waals surface area contributed by atoms with Crippen molar-refractivity contribution in [3.05, 3.63) is 55.6 Å². The van der Waals surface area contributed by atoms with Crippen molar-refractivity contribution >= 4 is 11.0 Å². The summed E-state index contributed by atoms with van der Waals surface area (Å²) in [7, 11) is 0. The molecule has 0 unspecified atom stereocenters. The molecule has 2 rings (SSSR count). The van der Waals surface area contributed by atoms with Crippen LogP contribution < -0.4 is 24.8 Å². The Morgan fingerprint density at radius 3 is 0.625 bits per heavy atom. The monoisotopic (exact) mass is 419 g/mol. The first kappa shape index (κ1) is 31.9. The summed E-state index contributed by atoms with van der Waals surface area (Å²) in [5, 5.41) is 0. The summed E-state index contributed by atoms with van der Waals surface area (Å²) in [4.78, 5) is 0. The maximum Gasteiger partial charge on any atom is 4.00 e. The van der Waals surface area contributed by atoms with Crippen LogP contribution in [0.2, 0.25) is 0 Å². The Kier molecular flexibility index (Phi) is 16.7. The summed E-state index contributed by atoms with van der Waals surface area (Å²) in [5.41, 5.74) is 14.7. The van der Waals surface area contributed by atoms with Gasteiger partial charge in [-0.2, -0.15) is 55.6 Å². The molecule has 0 amide bonds. The normalized spacial score (nSPS) is 8.75.